The fraction of sp³-hybridized carbons (Fsp3) is 0.545. The summed E-state index contributed by atoms with van der Waals surface area (Å²) in [7, 11) is 1.60. The van der Waals surface area contributed by atoms with Gasteiger partial charge in [0, 0.05) is 38.2 Å². The van der Waals surface area contributed by atoms with Crippen LogP contribution in [0.25, 0.3) is 6.08 Å². The minimum Gasteiger partial charge on any atom is -0.493 e. The second kappa shape index (κ2) is 9.62. The zero-order chi connectivity index (χ0) is 19.9. The Hall–Kier alpha value is -2.50. The first-order chi connectivity index (χ1) is 13.6. The number of hydrogen-bond acceptors (Lipinski definition) is 4. The van der Waals surface area contributed by atoms with Crippen molar-refractivity contribution in [2.45, 2.75) is 32.6 Å². The van der Waals surface area contributed by atoms with Crippen LogP contribution >= 0.6 is 0 Å². The molecule has 1 aliphatic carbocycles. The van der Waals surface area contributed by atoms with Gasteiger partial charge < -0.3 is 19.3 Å². The molecule has 6 heteroatoms. The van der Waals surface area contributed by atoms with Crippen molar-refractivity contribution in [1.29, 1.82) is 0 Å². The quantitative estimate of drug-likeness (QED) is 0.706. The summed E-state index contributed by atoms with van der Waals surface area (Å²) >= 11 is 0. The van der Waals surface area contributed by atoms with E-state index in [1.54, 1.807) is 24.2 Å². The average Bonchev–Trinajstić information content (AvgIpc) is 3.27. The van der Waals surface area contributed by atoms with Crippen molar-refractivity contribution in [1.82, 2.24) is 9.80 Å². The molecule has 1 saturated heterocycles. The van der Waals surface area contributed by atoms with Gasteiger partial charge in [0.25, 0.3) is 0 Å². The first kappa shape index (κ1) is 20.2. The molecule has 6 nitrogen and oxygen atoms in total. The maximum absolute atomic E-state index is 12.5. The lowest BCUT2D eigenvalue weighted by molar-refractivity contribution is -0.140. The highest BCUT2D eigenvalue weighted by molar-refractivity contribution is 5.92. The number of hydrogen-bond donors (Lipinski definition) is 0. The van der Waals surface area contributed by atoms with Gasteiger partial charge in [0.05, 0.1) is 13.7 Å². The van der Waals surface area contributed by atoms with E-state index < -0.39 is 0 Å². The third-order valence-corrected chi connectivity index (χ3v) is 5.51. The van der Waals surface area contributed by atoms with Crippen LogP contribution in [0, 0.1) is 5.92 Å². The lowest BCUT2D eigenvalue weighted by atomic mass is 10.1. The highest BCUT2D eigenvalue weighted by Crippen LogP contribution is 2.29. The Balaban J connectivity index is 1.53. The molecule has 0 aromatic heterocycles. The van der Waals surface area contributed by atoms with Gasteiger partial charge in [-0.3, -0.25) is 9.59 Å². The summed E-state index contributed by atoms with van der Waals surface area (Å²) in [6, 6.07) is 5.60. The van der Waals surface area contributed by atoms with Gasteiger partial charge in [0.2, 0.25) is 11.8 Å². The molecule has 2 amide bonds. The number of carbonyl (C=O) groups is 2. The van der Waals surface area contributed by atoms with Gasteiger partial charge >= 0.3 is 0 Å². The molecule has 3 rings (SSSR count). The average molecular weight is 386 g/mol. The van der Waals surface area contributed by atoms with Crippen LogP contribution in [0.3, 0.4) is 0 Å². The van der Waals surface area contributed by atoms with Crippen molar-refractivity contribution >= 4 is 17.9 Å². The van der Waals surface area contributed by atoms with E-state index in [0.717, 1.165) is 31.2 Å². The van der Waals surface area contributed by atoms with E-state index in [9.17, 15) is 9.59 Å². The maximum atomic E-state index is 12.5. The molecule has 0 unspecified atom stereocenters. The van der Waals surface area contributed by atoms with Gasteiger partial charge in [-0.15, -0.1) is 0 Å². The molecule has 0 atom stereocenters. The first-order valence-electron chi connectivity index (χ1n) is 10.2. The Kier molecular flexibility index (Phi) is 6.95. The van der Waals surface area contributed by atoms with Gasteiger partial charge in [0.1, 0.15) is 0 Å². The fourth-order valence-electron chi connectivity index (χ4n) is 3.91. The molecular weight excluding hydrogens is 356 g/mol. The zero-order valence-electron chi connectivity index (χ0n) is 16.9. The Bertz CT molecular complexity index is 717. The summed E-state index contributed by atoms with van der Waals surface area (Å²) in [4.78, 5) is 28.8. The Morgan fingerprint density at radius 3 is 2.39 bits per heavy atom. The number of benzene rings is 1. The number of carbonyl (C=O) groups excluding carboxylic acids is 2. The van der Waals surface area contributed by atoms with Crippen LogP contribution in [0.15, 0.2) is 24.3 Å². The van der Waals surface area contributed by atoms with E-state index in [1.807, 2.05) is 30.0 Å². The van der Waals surface area contributed by atoms with Gasteiger partial charge in [-0.05, 0) is 43.5 Å². The molecule has 152 valence electrons. The third kappa shape index (κ3) is 4.86. The van der Waals surface area contributed by atoms with Gasteiger partial charge in [-0.2, -0.15) is 0 Å². The molecule has 1 aliphatic heterocycles. The predicted octanol–water partition coefficient (Wildman–Crippen LogP) is 2.97. The van der Waals surface area contributed by atoms with Crippen LogP contribution in [0.2, 0.25) is 0 Å². The number of piperazine rings is 1. The van der Waals surface area contributed by atoms with Gasteiger partial charge in [-0.1, -0.05) is 18.9 Å². The lowest BCUT2D eigenvalue weighted by Gasteiger charge is -2.35. The van der Waals surface area contributed by atoms with Gasteiger partial charge in [0.15, 0.2) is 11.5 Å². The molecular formula is C22H30N2O4. The monoisotopic (exact) mass is 386 g/mol. The highest BCUT2D eigenvalue weighted by atomic mass is 16.5. The fourth-order valence-corrected chi connectivity index (χ4v) is 3.91. The van der Waals surface area contributed by atoms with Crippen LogP contribution in [0.4, 0.5) is 0 Å². The van der Waals surface area contributed by atoms with E-state index in [-0.39, 0.29) is 17.7 Å². The summed E-state index contributed by atoms with van der Waals surface area (Å²) in [5.74, 6) is 1.80. The summed E-state index contributed by atoms with van der Waals surface area (Å²) in [6.45, 7) is 4.94. The molecule has 0 radical (unpaired) electrons. The number of methoxy groups -OCH3 is 1. The molecule has 2 aliphatic rings. The molecule has 0 spiro atoms. The Morgan fingerprint density at radius 2 is 1.75 bits per heavy atom. The molecule has 1 heterocycles. The zero-order valence-corrected chi connectivity index (χ0v) is 16.9. The van der Waals surface area contributed by atoms with Crippen LogP contribution in [-0.2, 0) is 9.59 Å². The molecule has 1 saturated carbocycles. The van der Waals surface area contributed by atoms with Crippen LogP contribution in [0.5, 0.6) is 11.5 Å². The minimum atomic E-state index is -0.0270. The lowest BCUT2D eigenvalue weighted by Crippen LogP contribution is -2.51. The topological polar surface area (TPSA) is 59.1 Å². The van der Waals surface area contributed by atoms with E-state index in [2.05, 4.69) is 0 Å². The standard InChI is InChI=1S/C22H30N2O4/c1-3-28-19-10-8-17(16-20(19)27-2)9-11-21(25)23-12-14-24(15-13-23)22(26)18-6-4-5-7-18/h8-11,16,18H,3-7,12-15H2,1-2H3/b11-9+. The van der Waals surface area contributed by atoms with E-state index in [4.69, 9.17) is 9.47 Å². The third-order valence-electron chi connectivity index (χ3n) is 5.51. The minimum absolute atomic E-state index is 0.0270. The largest absolute Gasteiger partial charge is 0.493 e. The van der Waals surface area contributed by atoms with Crippen molar-refractivity contribution in [3.05, 3.63) is 29.8 Å². The molecule has 1 aromatic rings. The molecule has 2 fully saturated rings. The summed E-state index contributed by atoms with van der Waals surface area (Å²) in [6.07, 6.45) is 7.74. The van der Waals surface area contributed by atoms with Crippen LogP contribution < -0.4 is 9.47 Å². The second-order valence-corrected chi connectivity index (χ2v) is 7.31. The summed E-state index contributed by atoms with van der Waals surface area (Å²) in [5, 5.41) is 0. The van der Waals surface area contributed by atoms with Crippen LogP contribution in [-0.4, -0.2) is 61.5 Å². The number of amides is 2. The van der Waals surface area contributed by atoms with E-state index in [0.29, 0.717) is 44.3 Å². The number of nitrogens with zero attached hydrogens (tertiary/aromatic N) is 2. The summed E-state index contributed by atoms with van der Waals surface area (Å²) < 4.78 is 10.9. The number of ether oxygens (including phenoxy) is 2. The second-order valence-electron chi connectivity index (χ2n) is 7.31. The molecule has 0 bridgehead atoms. The van der Waals surface area contributed by atoms with Crippen molar-refractivity contribution in [3.8, 4) is 11.5 Å². The Morgan fingerprint density at radius 1 is 1.07 bits per heavy atom. The smallest absolute Gasteiger partial charge is 0.246 e. The Labute approximate surface area is 167 Å². The molecule has 1 aromatic carbocycles. The maximum Gasteiger partial charge on any atom is 0.246 e. The van der Waals surface area contributed by atoms with Crippen molar-refractivity contribution < 1.29 is 19.1 Å². The predicted molar refractivity (Wildman–Crippen MR) is 108 cm³/mol. The van der Waals surface area contributed by atoms with E-state index >= 15 is 0 Å². The molecule has 28 heavy (non-hydrogen) atoms. The number of rotatable bonds is 6. The van der Waals surface area contributed by atoms with E-state index in [1.165, 1.54) is 0 Å². The van der Waals surface area contributed by atoms with Crippen LogP contribution in [0.1, 0.15) is 38.2 Å². The normalized spacial score (nSPS) is 17.9. The van der Waals surface area contributed by atoms with Crippen molar-refractivity contribution in [2.24, 2.45) is 5.92 Å². The van der Waals surface area contributed by atoms with Gasteiger partial charge in [-0.25, -0.2) is 0 Å². The van der Waals surface area contributed by atoms with Crippen molar-refractivity contribution in [3.63, 3.8) is 0 Å². The molecule has 0 N–H and O–H groups in total. The SMILES string of the molecule is CCOc1ccc(/C=C/C(=O)N2CCN(C(=O)C3CCCC3)CC2)cc1OC. The first-order valence-corrected chi connectivity index (χ1v) is 10.2. The summed E-state index contributed by atoms with van der Waals surface area (Å²) in [5.41, 5.74) is 0.878. The highest BCUT2D eigenvalue weighted by Gasteiger charge is 2.30. The van der Waals surface area contributed by atoms with Crippen molar-refractivity contribution in [2.75, 3.05) is 39.9 Å².